The fourth-order valence-electron chi connectivity index (χ4n) is 0.970. The molecule has 0 aromatic heterocycles. The van der Waals surface area contributed by atoms with Gasteiger partial charge in [0.25, 0.3) is 11.6 Å². The van der Waals surface area contributed by atoms with Crippen molar-refractivity contribution in [3.8, 4) is 0 Å². The highest BCUT2D eigenvalue weighted by Crippen LogP contribution is 2.26. The number of hydrogen-bond donors (Lipinski definition) is 0. The minimum Gasteiger partial charge on any atom is -0.490 e. The van der Waals surface area contributed by atoms with Gasteiger partial charge in [-0.1, -0.05) is 0 Å². The van der Waals surface area contributed by atoms with Gasteiger partial charge >= 0.3 is 0 Å². The molecule has 1 rings (SSSR count). The second-order valence-electron chi connectivity index (χ2n) is 2.35. The molecule has 0 heterocycles. The fourth-order valence-corrected chi connectivity index (χ4v) is 0.970. The highest BCUT2D eigenvalue weighted by Gasteiger charge is 2.37. The molecule has 1 aliphatic rings. The Bertz CT molecular complexity index is 332. The number of hydrogen-bond acceptors (Lipinski definition) is 4. The third-order valence-corrected chi connectivity index (χ3v) is 1.62. The quantitative estimate of drug-likeness (QED) is 0.624. The van der Waals surface area contributed by atoms with E-state index in [1.807, 2.05) is 0 Å². The summed E-state index contributed by atoms with van der Waals surface area (Å²) in [7, 11) is 1.93. The van der Waals surface area contributed by atoms with E-state index < -0.39 is 34.7 Å². The molecule has 0 N–H and O–H groups in total. The Hall–Kier alpha value is -1.72. The van der Waals surface area contributed by atoms with Crippen LogP contribution in [0.3, 0.4) is 0 Å². The van der Waals surface area contributed by atoms with E-state index >= 15 is 0 Å². The first-order valence-electron chi connectivity index (χ1n) is 3.51. The second-order valence-corrected chi connectivity index (χ2v) is 2.35. The van der Waals surface area contributed by atoms with Crippen LogP contribution in [0.1, 0.15) is 0 Å². The molecule has 0 aromatic carbocycles. The zero-order valence-electron chi connectivity index (χ0n) is 7.39. The normalized spacial score (nSPS) is 17.7. The van der Waals surface area contributed by atoms with E-state index in [0.717, 1.165) is 14.2 Å². The second kappa shape index (κ2) is 3.57. The van der Waals surface area contributed by atoms with Crippen LogP contribution in [0.4, 0.5) is 8.78 Å². The summed E-state index contributed by atoms with van der Waals surface area (Å²) in [6, 6.07) is 0. The number of rotatable bonds is 2. The number of carbonyl (C=O) groups is 2. The SMILES string of the molecule is COC1=C(F)C(=O)C(OC)=C(F)C1=O. The lowest BCUT2D eigenvalue weighted by Gasteiger charge is -2.13. The van der Waals surface area contributed by atoms with Gasteiger partial charge in [-0.05, 0) is 0 Å². The monoisotopic (exact) mass is 204 g/mol. The predicted octanol–water partition coefficient (Wildman–Crippen LogP) is 0.793. The molecule has 0 atom stereocenters. The summed E-state index contributed by atoms with van der Waals surface area (Å²) >= 11 is 0. The number of halogens is 2. The van der Waals surface area contributed by atoms with Crippen LogP contribution in [-0.4, -0.2) is 25.8 Å². The van der Waals surface area contributed by atoms with Crippen molar-refractivity contribution in [3.05, 3.63) is 23.2 Å². The van der Waals surface area contributed by atoms with Crippen LogP contribution in [0.2, 0.25) is 0 Å². The molecule has 0 bridgehead atoms. The van der Waals surface area contributed by atoms with Gasteiger partial charge < -0.3 is 9.47 Å². The molecular formula is C8H6F2O4. The summed E-state index contributed by atoms with van der Waals surface area (Å²) in [6.07, 6.45) is 0. The van der Waals surface area contributed by atoms with Crippen molar-refractivity contribution >= 4 is 11.6 Å². The Balaban J connectivity index is 3.28. The highest BCUT2D eigenvalue weighted by atomic mass is 19.1. The molecule has 0 amide bonds. The third-order valence-electron chi connectivity index (χ3n) is 1.62. The average molecular weight is 204 g/mol. The number of ether oxygens (including phenoxy) is 2. The minimum absolute atomic E-state index is 0.937. The van der Waals surface area contributed by atoms with Crippen molar-refractivity contribution in [1.82, 2.24) is 0 Å². The van der Waals surface area contributed by atoms with Gasteiger partial charge in [-0.3, -0.25) is 9.59 Å². The van der Waals surface area contributed by atoms with Crippen molar-refractivity contribution in [2.45, 2.75) is 0 Å². The maximum absolute atomic E-state index is 13.0. The summed E-state index contributed by atoms with van der Waals surface area (Å²) in [6.45, 7) is 0. The first-order valence-corrected chi connectivity index (χ1v) is 3.51. The molecule has 0 aliphatic heterocycles. The molecule has 0 fully saturated rings. The number of methoxy groups -OCH3 is 2. The highest BCUT2D eigenvalue weighted by molar-refractivity contribution is 6.21. The summed E-state index contributed by atoms with van der Waals surface area (Å²) < 4.78 is 34.5. The zero-order valence-corrected chi connectivity index (χ0v) is 7.39. The Morgan fingerprint density at radius 3 is 1.36 bits per heavy atom. The Morgan fingerprint density at radius 1 is 0.857 bits per heavy atom. The smallest absolute Gasteiger partial charge is 0.263 e. The molecule has 6 heteroatoms. The topological polar surface area (TPSA) is 52.6 Å². The van der Waals surface area contributed by atoms with E-state index in [1.54, 1.807) is 0 Å². The van der Waals surface area contributed by atoms with Crippen molar-refractivity contribution in [2.24, 2.45) is 0 Å². The minimum atomic E-state index is -1.45. The molecule has 76 valence electrons. The largest absolute Gasteiger partial charge is 0.490 e. The molecule has 14 heavy (non-hydrogen) atoms. The zero-order chi connectivity index (χ0) is 10.9. The Labute approximate surface area is 77.8 Å². The molecule has 0 spiro atoms. The average Bonchev–Trinajstić information content (AvgIpc) is 2.17. The van der Waals surface area contributed by atoms with E-state index in [4.69, 9.17) is 0 Å². The van der Waals surface area contributed by atoms with Crippen LogP contribution in [-0.2, 0) is 19.1 Å². The van der Waals surface area contributed by atoms with E-state index in [0.29, 0.717) is 0 Å². The number of allylic oxidation sites excluding steroid dienone is 2. The third kappa shape index (κ3) is 1.28. The van der Waals surface area contributed by atoms with Crippen molar-refractivity contribution < 1.29 is 27.8 Å². The number of ketones is 2. The summed E-state index contributed by atoms with van der Waals surface area (Å²) in [4.78, 5) is 22.0. The molecule has 0 saturated carbocycles. The van der Waals surface area contributed by atoms with Crippen LogP contribution >= 0.6 is 0 Å². The molecule has 0 radical (unpaired) electrons. The van der Waals surface area contributed by atoms with E-state index in [1.165, 1.54) is 0 Å². The van der Waals surface area contributed by atoms with Gasteiger partial charge in [-0.2, -0.15) is 8.78 Å². The lowest BCUT2D eigenvalue weighted by atomic mass is 10.1. The molecule has 4 nitrogen and oxygen atoms in total. The molecule has 1 aliphatic carbocycles. The van der Waals surface area contributed by atoms with E-state index in [2.05, 4.69) is 9.47 Å². The fraction of sp³-hybridized carbons (Fsp3) is 0.250. The van der Waals surface area contributed by atoms with Gasteiger partial charge in [0.2, 0.25) is 23.2 Å². The standard InChI is InChI=1S/C8H6F2O4/c1-13-7-3(9)6(12)8(14-2)4(10)5(7)11/h1-2H3. The lowest BCUT2D eigenvalue weighted by Crippen LogP contribution is -2.22. The van der Waals surface area contributed by atoms with Crippen molar-refractivity contribution in [1.29, 1.82) is 0 Å². The Kier molecular flexibility index (Phi) is 2.64. The Morgan fingerprint density at radius 2 is 1.14 bits per heavy atom. The molecule has 0 aromatic rings. The van der Waals surface area contributed by atoms with Gasteiger partial charge in [-0.15, -0.1) is 0 Å². The summed E-state index contributed by atoms with van der Waals surface area (Å²) in [5.41, 5.74) is 0. The van der Waals surface area contributed by atoms with Crippen LogP contribution < -0.4 is 0 Å². The number of carbonyl (C=O) groups excluding carboxylic acids is 2. The van der Waals surface area contributed by atoms with E-state index in [9.17, 15) is 18.4 Å². The first-order chi connectivity index (χ1) is 6.54. The van der Waals surface area contributed by atoms with Crippen molar-refractivity contribution in [3.63, 3.8) is 0 Å². The van der Waals surface area contributed by atoms with Gasteiger partial charge in [-0.25, -0.2) is 0 Å². The molecular weight excluding hydrogens is 198 g/mol. The molecule has 0 saturated heterocycles. The lowest BCUT2D eigenvalue weighted by molar-refractivity contribution is -0.123. The number of Topliss-reactive ketones (excluding diaryl/α,β-unsaturated/α-hetero) is 2. The first kappa shape index (κ1) is 10.4. The molecule has 0 unspecified atom stereocenters. The van der Waals surface area contributed by atoms with Crippen LogP contribution in [0.25, 0.3) is 0 Å². The summed E-state index contributed by atoms with van der Waals surface area (Å²) in [5, 5.41) is 0. The van der Waals surface area contributed by atoms with E-state index in [-0.39, 0.29) is 0 Å². The van der Waals surface area contributed by atoms with Crippen LogP contribution in [0, 0.1) is 0 Å². The maximum Gasteiger partial charge on any atom is 0.263 e. The van der Waals surface area contributed by atoms with Gasteiger partial charge in [0.1, 0.15) is 0 Å². The van der Waals surface area contributed by atoms with Gasteiger partial charge in [0.15, 0.2) is 0 Å². The summed E-state index contributed by atoms with van der Waals surface area (Å²) in [5.74, 6) is -7.43. The van der Waals surface area contributed by atoms with Crippen LogP contribution in [0.5, 0.6) is 0 Å². The van der Waals surface area contributed by atoms with Crippen molar-refractivity contribution in [2.75, 3.05) is 14.2 Å². The van der Waals surface area contributed by atoms with Gasteiger partial charge in [0.05, 0.1) is 14.2 Å². The van der Waals surface area contributed by atoms with Crippen LogP contribution in [0.15, 0.2) is 23.2 Å². The maximum atomic E-state index is 13.0. The predicted molar refractivity (Wildman–Crippen MR) is 40.3 cm³/mol. The van der Waals surface area contributed by atoms with Gasteiger partial charge in [0, 0.05) is 0 Å².